The van der Waals surface area contributed by atoms with E-state index in [1.54, 1.807) is 24.3 Å². The van der Waals surface area contributed by atoms with E-state index in [1.807, 2.05) is 19.1 Å². The van der Waals surface area contributed by atoms with Crippen LogP contribution in [0.15, 0.2) is 53.5 Å². The molecule has 2 aromatic carbocycles. The van der Waals surface area contributed by atoms with Crippen LogP contribution in [0, 0.1) is 6.92 Å². The molecule has 28 heavy (non-hydrogen) atoms. The van der Waals surface area contributed by atoms with Crippen molar-refractivity contribution >= 4 is 41.8 Å². The number of hydrogen-bond donors (Lipinski definition) is 2. The van der Waals surface area contributed by atoms with Crippen molar-refractivity contribution in [2.45, 2.75) is 20.4 Å². The molecule has 3 rings (SSSR count). The van der Waals surface area contributed by atoms with Gasteiger partial charge in [-0.25, -0.2) is 4.99 Å². The third-order valence-electron chi connectivity index (χ3n) is 4.52. The summed E-state index contributed by atoms with van der Waals surface area (Å²) in [4.78, 5) is 30.6. The summed E-state index contributed by atoms with van der Waals surface area (Å²) in [6.45, 7) is 6.08. The van der Waals surface area contributed by atoms with Crippen LogP contribution in [0.1, 0.15) is 38.8 Å². The number of nitrogens with one attached hydrogen (secondary N) is 2. The molecule has 7 heteroatoms. The van der Waals surface area contributed by atoms with Gasteiger partial charge >= 0.3 is 0 Å². The number of amides is 2. The van der Waals surface area contributed by atoms with Crippen molar-refractivity contribution in [2.75, 3.05) is 19.6 Å². The zero-order chi connectivity index (χ0) is 19.2. The van der Waals surface area contributed by atoms with Crippen molar-refractivity contribution in [1.82, 2.24) is 15.5 Å². The van der Waals surface area contributed by atoms with Gasteiger partial charge in [-0.3, -0.25) is 14.5 Å². The average Bonchev–Trinajstić information content (AvgIpc) is 2.92. The van der Waals surface area contributed by atoms with Gasteiger partial charge in [0, 0.05) is 19.6 Å². The first-order valence-corrected chi connectivity index (χ1v) is 9.13. The van der Waals surface area contributed by atoms with Crippen LogP contribution in [0.25, 0.3) is 0 Å². The summed E-state index contributed by atoms with van der Waals surface area (Å²) >= 11 is 0. The van der Waals surface area contributed by atoms with Crippen LogP contribution in [-0.4, -0.2) is 42.3 Å². The molecule has 0 aromatic heterocycles. The number of imide groups is 1. The van der Waals surface area contributed by atoms with E-state index in [0.29, 0.717) is 36.7 Å². The van der Waals surface area contributed by atoms with Crippen LogP contribution in [0.3, 0.4) is 0 Å². The number of carbonyl (C=O) groups is 2. The Bertz CT molecular complexity index is 847. The number of rotatable bonds is 6. The maximum atomic E-state index is 12.4. The fraction of sp³-hybridized carbons (Fsp3) is 0.286. The van der Waals surface area contributed by atoms with Gasteiger partial charge in [-0.1, -0.05) is 36.4 Å². The predicted octanol–water partition coefficient (Wildman–Crippen LogP) is 2.96. The first-order valence-electron chi connectivity index (χ1n) is 9.13. The number of halogens is 1. The minimum Gasteiger partial charge on any atom is -0.357 e. The van der Waals surface area contributed by atoms with Gasteiger partial charge in [-0.05, 0) is 37.1 Å². The third kappa shape index (κ3) is 4.89. The van der Waals surface area contributed by atoms with E-state index in [9.17, 15) is 9.59 Å². The van der Waals surface area contributed by atoms with Crippen molar-refractivity contribution in [3.63, 3.8) is 0 Å². The summed E-state index contributed by atoms with van der Waals surface area (Å²) < 4.78 is 0. The van der Waals surface area contributed by atoms with Gasteiger partial charge in [-0.15, -0.1) is 24.0 Å². The van der Waals surface area contributed by atoms with Crippen molar-refractivity contribution in [2.24, 2.45) is 4.99 Å². The largest absolute Gasteiger partial charge is 0.357 e. The van der Waals surface area contributed by atoms with E-state index >= 15 is 0 Å². The normalized spacial score (nSPS) is 13.2. The number of guanidine groups is 1. The maximum absolute atomic E-state index is 12.4. The second kappa shape index (κ2) is 10.2. The third-order valence-corrected chi connectivity index (χ3v) is 4.52. The van der Waals surface area contributed by atoms with Crippen LogP contribution in [0.4, 0.5) is 0 Å². The molecule has 0 atom stereocenters. The summed E-state index contributed by atoms with van der Waals surface area (Å²) in [6, 6.07) is 15.1. The highest BCUT2D eigenvalue weighted by Gasteiger charge is 2.34. The molecule has 1 aliphatic heterocycles. The molecule has 6 nitrogen and oxygen atoms in total. The molecule has 0 saturated carbocycles. The average molecular weight is 492 g/mol. The van der Waals surface area contributed by atoms with Crippen LogP contribution in [0.2, 0.25) is 0 Å². The molecule has 0 spiro atoms. The first kappa shape index (κ1) is 21.9. The lowest BCUT2D eigenvalue weighted by Crippen LogP contribution is -2.43. The molecule has 0 aliphatic carbocycles. The highest BCUT2D eigenvalue weighted by molar-refractivity contribution is 14.0. The highest BCUT2D eigenvalue weighted by Crippen LogP contribution is 2.21. The molecule has 1 aliphatic rings. The fourth-order valence-electron chi connectivity index (χ4n) is 3.02. The van der Waals surface area contributed by atoms with Gasteiger partial charge < -0.3 is 10.6 Å². The monoisotopic (exact) mass is 492 g/mol. The number of aliphatic imine (C=N–C) groups is 1. The van der Waals surface area contributed by atoms with Gasteiger partial charge in [0.25, 0.3) is 11.8 Å². The Morgan fingerprint density at radius 2 is 1.57 bits per heavy atom. The number of carbonyl (C=O) groups excluding carboxylic acids is 2. The number of fused-ring (bicyclic) bond motifs is 1. The van der Waals surface area contributed by atoms with E-state index in [-0.39, 0.29) is 35.8 Å². The Balaban J connectivity index is 0.00000280. The second-order valence-electron chi connectivity index (χ2n) is 6.36. The summed E-state index contributed by atoms with van der Waals surface area (Å²) in [5.41, 5.74) is 3.31. The van der Waals surface area contributed by atoms with Gasteiger partial charge in [-0.2, -0.15) is 0 Å². The molecule has 1 heterocycles. The standard InChI is InChI=1S/C21H24N4O2.HI/c1-3-22-21(24-14-16-9-5-4-8-15(16)2)23-12-13-25-19(26)17-10-6-7-11-18(17)20(25)27;/h4-11H,3,12-14H2,1-2H3,(H2,22,23,24);1H. The van der Waals surface area contributed by atoms with Gasteiger partial charge in [0.05, 0.1) is 17.7 Å². The molecule has 0 radical (unpaired) electrons. The van der Waals surface area contributed by atoms with Gasteiger partial charge in [0.2, 0.25) is 0 Å². The first-order chi connectivity index (χ1) is 13.1. The Labute approximate surface area is 182 Å². The number of benzene rings is 2. The molecule has 2 aromatic rings. The van der Waals surface area contributed by atoms with E-state index in [1.165, 1.54) is 10.5 Å². The van der Waals surface area contributed by atoms with Gasteiger partial charge in [0.15, 0.2) is 5.96 Å². The Morgan fingerprint density at radius 3 is 2.18 bits per heavy atom. The van der Waals surface area contributed by atoms with E-state index < -0.39 is 0 Å². The molecule has 0 unspecified atom stereocenters. The number of nitrogens with zero attached hydrogens (tertiary/aromatic N) is 2. The van der Waals surface area contributed by atoms with Crippen molar-refractivity contribution in [3.05, 3.63) is 70.8 Å². The van der Waals surface area contributed by atoms with Crippen LogP contribution in [-0.2, 0) is 6.54 Å². The summed E-state index contributed by atoms with van der Waals surface area (Å²) in [6.07, 6.45) is 0. The summed E-state index contributed by atoms with van der Waals surface area (Å²) in [7, 11) is 0. The zero-order valence-electron chi connectivity index (χ0n) is 16.1. The number of hydrogen-bond acceptors (Lipinski definition) is 3. The van der Waals surface area contributed by atoms with Crippen molar-refractivity contribution < 1.29 is 9.59 Å². The topological polar surface area (TPSA) is 73.8 Å². The van der Waals surface area contributed by atoms with Crippen LogP contribution >= 0.6 is 24.0 Å². The van der Waals surface area contributed by atoms with Crippen molar-refractivity contribution in [1.29, 1.82) is 0 Å². The second-order valence-corrected chi connectivity index (χ2v) is 6.36. The minimum atomic E-state index is -0.237. The van der Waals surface area contributed by atoms with Crippen molar-refractivity contribution in [3.8, 4) is 0 Å². The molecule has 0 fully saturated rings. The molecular weight excluding hydrogens is 467 g/mol. The quantitative estimate of drug-likeness (QED) is 0.282. The molecule has 2 amide bonds. The summed E-state index contributed by atoms with van der Waals surface area (Å²) in [5.74, 6) is 0.191. The van der Waals surface area contributed by atoms with E-state index in [2.05, 4.69) is 34.7 Å². The molecule has 2 N–H and O–H groups in total. The SMILES string of the molecule is CCNC(=NCc1ccccc1C)NCCN1C(=O)c2ccccc2C1=O.I. The minimum absolute atomic E-state index is 0. The summed E-state index contributed by atoms with van der Waals surface area (Å²) in [5, 5.41) is 6.39. The fourth-order valence-corrected chi connectivity index (χ4v) is 3.02. The predicted molar refractivity (Wildman–Crippen MR) is 121 cm³/mol. The van der Waals surface area contributed by atoms with Gasteiger partial charge in [0.1, 0.15) is 0 Å². The van der Waals surface area contributed by atoms with Crippen LogP contribution in [0.5, 0.6) is 0 Å². The molecular formula is C21H25IN4O2. The lowest BCUT2D eigenvalue weighted by molar-refractivity contribution is 0.0657. The van der Waals surface area contributed by atoms with Crippen LogP contribution < -0.4 is 10.6 Å². The zero-order valence-corrected chi connectivity index (χ0v) is 18.4. The lowest BCUT2D eigenvalue weighted by atomic mass is 10.1. The molecule has 0 bridgehead atoms. The molecule has 148 valence electrons. The highest BCUT2D eigenvalue weighted by atomic mass is 127. The Kier molecular flexibility index (Phi) is 7.98. The Morgan fingerprint density at radius 1 is 0.964 bits per heavy atom. The Hall–Kier alpha value is -2.42. The van der Waals surface area contributed by atoms with E-state index in [0.717, 1.165) is 12.1 Å². The van der Waals surface area contributed by atoms with E-state index in [4.69, 9.17) is 0 Å². The maximum Gasteiger partial charge on any atom is 0.261 e. The number of aryl methyl sites for hydroxylation is 1. The lowest BCUT2D eigenvalue weighted by Gasteiger charge is -2.16. The smallest absolute Gasteiger partial charge is 0.261 e. The molecule has 0 saturated heterocycles.